The molecule has 3 N–H and O–H groups in total. The maximum absolute atomic E-state index is 12.6. The van der Waals surface area contributed by atoms with Crippen molar-refractivity contribution in [3.8, 4) is 11.1 Å². The molecule has 0 saturated heterocycles. The van der Waals surface area contributed by atoms with Crippen LogP contribution in [0.15, 0.2) is 70.5 Å². The number of pyridine rings is 1. The molecule has 2 aromatic heterocycles. The van der Waals surface area contributed by atoms with Crippen molar-refractivity contribution < 1.29 is 9.59 Å². The summed E-state index contributed by atoms with van der Waals surface area (Å²) in [6.45, 7) is 1.49. The topological polar surface area (TPSA) is 126 Å². The van der Waals surface area contributed by atoms with Crippen molar-refractivity contribution in [1.82, 2.24) is 14.5 Å². The van der Waals surface area contributed by atoms with Crippen LogP contribution in [0.3, 0.4) is 0 Å². The smallest absolute Gasteiger partial charge is 0.326 e. The zero-order chi connectivity index (χ0) is 27.9. The highest BCUT2D eigenvalue weighted by Gasteiger charge is 2.51. The van der Waals surface area contributed by atoms with Gasteiger partial charge in [0.15, 0.2) is 0 Å². The number of rotatable bonds is 2. The first-order valence-electron chi connectivity index (χ1n) is 12.0. The Morgan fingerprint density at radius 3 is 2.56 bits per heavy atom. The summed E-state index contributed by atoms with van der Waals surface area (Å²) in [6.07, 6.45) is 4.34. The van der Waals surface area contributed by atoms with Gasteiger partial charge in [-0.3, -0.25) is 19.0 Å². The van der Waals surface area contributed by atoms with E-state index in [0.717, 1.165) is 26.9 Å². The lowest BCUT2D eigenvalue weighted by atomic mass is 9.79. The number of fused-ring (bicyclic) bond motifs is 3. The Hall–Kier alpha value is -4.21. The second-order valence-corrected chi connectivity index (χ2v) is 10.2. The lowest BCUT2D eigenvalue weighted by Gasteiger charge is -2.20. The summed E-state index contributed by atoms with van der Waals surface area (Å²) in [5.74, 6) is 0.585. The van der Waals surface area contributed by atoms with E-state index in [9.17, 15) is 19.2 Å². The molecule has 0 bridgehead atoms. The van der Waals surface area contributed by atoms with Crippen LogP contribution in [0.1, 0.15) is 23.6 Å². The molecule has 1 spiro atoms. The van der Waals surface area contributed by atoms with Crippen LogP contribution in [-0.2, 0) is 34.9 Å². The molecule has 0 fully saturated rings. The Labute approximate surface area is 232 Å². The average molecular weight is 564 g/mol. The zero-order valence-corrected chi connectivity index (χ0v) is 22.5. The van der Waals surface area contributed by atoms with Gasteiger partial charge in [-0.15, -0.1) is 0 Å². The van der Waals surface area contributed by atoms with Gasteiger partial charge < -0.3 is 15.6 Å². The molecule has 9 nitrogen and oxygen atoms in total. The maximum atomic E-state index is 12.6. The number of hydrogen-bond donors (Lipinski definition) is 3. The highest BCUT2D eigenvalue weighted by Crippen LogP contribution is 2.46. The number of hydrogen-bond acceptors (Lipinski definition) is 5. The molecule has 2 amide bonds. The summed E-state index contributed by atoms with van der Waals surface area (Å²) in [6, 6.07) is 14.7. The minimum absolute atomic E-state index is 0.0125. The molecule has 1 aliphatic heterocycles. The molecule has 3 heterocycles. The summed E-state index contributed by atoms with van der Waals surface area (Å²) >= 11 is 11.9. The fourth-order valence-corrected chi connectivity index (χ4v) is 5.42. The highest BCUT2D eigenvalue weighted by atomic mass is 35.5. The molecule has 0 saturated carbocycles. The second-order valence-electron chi connectivity index (χ2n) is 9.43. The fraction of sp³-hybridized carbons (Fsp3) is 0.179. The fourth-order valence-electron chi connectivity index (χ4n) is 5.02. The van der Waals surface area contributed by atoms with Gasteiger partial charge in [0.25, 0.3) is 5.56 Å². The molecule has 1 atom stereocenters. The molecule has 1 aliphatic carbocycles. The number of nitrogens with one attached hydrogen (secondary N) is 3. The molecule has 0 unspecified atom stereocenters. The van der Waals surface area contributed by atoms with Crippen LogP contribution in [0.5, 0.6) is 0 Å². The van der Waals surface area contributed by atoms with E-state index in [1.165, 1.54) is 20.2 Å². The van der Waals surface area contributed by atoms with Crippen molar-refractivity contribution in [1.29, 1.82) is 0 Å². The van der Waals surface area contributed by atoms with Gasteiger partial charge in [0, 0.05) is 43.2 Å². The Balaban J connectivity index is 0.000000164. The van der Waals surface area contributed by atoms with E-state index in [1.54, 1.807) is 24.4 Å². The number of H-pyrrole nitrogens is 1. The predicted molar refractivity (Wildman–Crippen MR) is 150 cm³/mol. The van der Waals surface area contributed by atoms with E-state index in [-0.39, 0.29) is 11.8 Å². The molecule has 6 rings (SSSR count). The molecule has 198 valence electrons. The molecule has 39 heavy (non-hydrogen) atoms. The third-order valence-corrected chi connectivity index (χ3v) is 7.74. The summed E-state index contributed by atoms with van der Waals surface area (Å²) in [5.41, 5.74) is 3.36. The van der Waals surface area contributed by atoms with Crippen molar-refractivity contribution >= 4 is 46.5 Å². The highest BCUT2D eigenvalue weighted by molar-refractivity contribution is 6.43. The van der Waals surface area contributed by atoms with Crippen LogP contribution in [0, 0.1) is 0 Å². The summed E-state index contributed by atoms with van der Waals surface area (Å²) in [5, 5.41) is 6.33. The summed E-state index contributed by atoms with van der Waals surface area (Å²) in [4.78, 5) is 53.6. The molecule has 2 aliphatic rings. The molecular weight excluding hydrogens is 541 g/mol. The van der Waals surface area contributed by atoms with E-state index < -0.39 is 16.7 Å². The number of aromatic amines is 1. The van der Waals surface area contributed by atoms with Gasteiger partial charge in [0.1, 0.15) is 5.82 Å². The molecular formula is C28H23Cl2N5O4. The SMILES string of the molecule is CC(=O)Nc1ccc2c(c1)C[C@@]1(C2)C(=O)Nc2ncccc21.Cn1c(=O)[nH]cc(-c2cccc(Cl)c2Cl)c1=O. The standard InChI is InChI=1S/C17H15N3O2.C11H8Cl2N2O2/c1-10(21)19-13-5-4-11-8-17(9-12(11)7-13)14-3-2-6-18-15(14)20-16(17)22;1-15-10(16)7(5-14-11(15)17)6-3-2-4-8(12)9(6)13/h2-7H,8-9H2,1H3,(H,19,21)(H,18,20,22);2-5H,1H3,(H,14,17)/t17-;/m1./s1. The Kier molecular flexibility index (Phi) is 6.88. The van der Waals surface area contributed by atoms with Gasteiger partial charge in [-0.1, -0.05) is 47.5 Å². The lowest BCUT2D eigenvalue weighted by molar-refractivity contribution is -0.120. The van der Waals surface area contributed by atoms with Gasteiger partial charge in [0.2, 0.25) is 11.8 Å². The Bertz CT molecular complexity index is 1760. The second kappa shape index (κ2) is 10.2. The first kappa shape index (κ1) is 26.4. The van der Waals surface area contributed by atoms with Gasteiger partial charge >= 0.3 is 5.69 Å². The third-order valence-electron chi connectivity index (χ3n) is 6.92. The largest absolute Gasteiger partial charge is 0.328 e. The van der Waals surface area contributed by atoms with Crippen molar-refractivity contribution in [2.75, 3.05) is 10.6 Å². The van der Waals surface area contributed by atoms with E-state index in [2.05, 4.69) is 20.6 Å². The molecule has 0 radical (unpaired) electrons. The van der Waals surface area contributed by atoms with Crippen molar-refractivity contribution in [2.45, 2.75) is 25.2 Å². The van der Waals surface area contributed by atoms with E-state index in [1.807, 2.05) is 30.3 Å². The van der Waals surface area contributed by atoms with Crippen LogP contribution in [0.2, 0.25) is 10.0 Å². The van der Waals surface area contributed by atoms with Crippen LogP contribution in [-0.4, -0.2) is 26.3 Å². The zero-order valence-electron chi connectivity index (χ0n) is 21.0. The number of aromatic nitrogens is 3. The number of carbonyl (C=O) groups excluding carboxylic acids is 2. The lowest BCUT2D eigenvalue weighted by Crippen LogP contribution is -2.35. The first-order chi connectivity index (χ1) is 18.6. The molecule has 11 heteroatoms. The minimum atomic E-state index is -0.555. The number of halogens is 2. The summed E-state index contributed by atoms with van der Waals surface area (Å²) in [7, 11) is 1.39. The van der Waals surface area contributed by atoms with Gasteiger partial charge in [-0.2, -0.15) is 0 Å². The van der Waals surface area contributed by atoms with Crippen LogP contribution in [0.25, 0.3) is 11.1 Å². The van der Waals surface area contributed by atoms with Crippen LogP contribution >= 0.6 is 23.2 Å². The third kappa shape index (κ3) is 4.75. The minimum Gasteiger partial charge on any atom is -0.326 e. The number of nitrogens with zero attached hydrogens (tertiary/aromatic N) is 2. The van der Waals surface area contributed by atoms with Crippen LogP contribution in [0.4, 0.5) is 11.5 Å². The summed E-state index contributed by atoms with van der Waals surface area (Å²) < 4.78 is 0.979. The quantitative estimate of drug-likeness (QED) is 0.339. The number of amides is 2. The van der Waals surface area contributed by atoms with E-state index in [4.69, 9.17) is 23.2 Å². The van der Waals surface area contributed by atoms with Crippen molar-refractivity contribution in [3.63, 3.8) is 0 Å². The van der Waals surface area contributed by atoms with E-state index >= 15 is 0 Å². The normalized spacial score (nSPS) is 16.7. The average Bonchev–Trinajstić information content (AvgIpc) is 3.42. The molecule has 4 aromatic rings. The van der Waals surface area contributed by atoms with Gasteiger partial charge in [-0.05, 0) is 48.2 Å². The van der Waals surface area contributed by atoms with Crippen LogP contribution < -0.4 is 21.9 Å². The van der Waals surface area contributed by atoms with Crippen molar-refractivity contribution in [3.05, 3.63) is 108 Å². The number of anilines is 2. The Morgan fingerprint density at radius 2 is 1.79 bits per heavy atom. The molecule has 2 aromatic carbocycles. The van der Waals surface area contributed by atoms with E-state index in [0.29, 0.717) is 39.8 Å². The van der Waals surface area contributed by atoms with Crippen molar-refractivity contribution in [2.24, 2.45) is 7.05 Å². The Morgan fingerprint density at radius 1 is 1.03 bits per heavy atom. The van der Waals surface area contributed by atoms with Gasteiger partial charge in [0.05, 0.1) is 21.0 Å². The maximum Gasteiger partial charge on any atom is 0.328 e. The predicted octanol–water partition coefficient (Wildman–Crippen LogP) is 4.08. The first-order valence-corrected chi connectivity index (χ1v) is 12.8. The number of carbonyl (C=O) groups is 2. The number of benzene rings is 2. The van der Waals surface area contributed by atoms with Gasteiger partial charge in [-0.25, -0.2) is 9.78 Å². The monoisotopic (exact) mass is 563 g/mol.